The summed E-state index contributed by atoms with van der Waals surface area (Å²) in [6.45, 7) is 5.88. The Hall–Kier alpha value is -6.37. The van der Waals surface area contributed by atoms with E-state index in [1.807, 2.05) is 79.7 Å². The first kappa shape index (κ1) is 30.9. The van der Waals surface area contributed by atoms with Gasteiger partial charge in [0.15, 0.2) is 23.3 Å². The van der Waals surface area contributed by atoms with Gasteiger partial charge in [-0.25, -0.2) is 24.9 Å². The van der Waals surface area contributed by atoms with E-state index in [9.17, 15) is 0 Å². The number of nitrogens with zero attached hydrogens (tertiary/aromatic N) is 5. The topological polar surface area (TPSA) is 64.5 Å². The lowest BCUT2D eigenvalue weighted by Gasteiger charge is -2.11. The van der Waals surface area contributed by atoms with Gasteiger partial charge in [-0.1, -0.05) is 146 Å². The van der Waals surface area contributed by atoms with E-state index < -0.39 is 0 Å². The Morgan fingerprint density at radius 1 is 0.560 bits per heavy atom. The third kappa shape index (κ3) is 6.04. The van der Waals surface area contributed by atoms with E-state index in [0.717, 1.165) is 60.3 Å². The lowest BCUT2D eigenvalue weighted by molar-refractivity contribution is 1.04. The van der Waals surface area contributed by atoms with E-state index in [-0.39, 0.29) is 0 Å². The molecule has 238 valence electrons. The Bertz CT molecular complexity index is 2570. The fraction of sp³-hybridized carbons (Fsp3) is 0.0227. The maximum Gasteiger partial charge on any atom is 0.164 e. The van der Waals surface area contributed by atoms with Gasteiger partial charge in [0, 0.05) is 37.9 Å². The minimum Gasteiger partial charge on any atom is -0.226 e. The van der Waals surface area contributed by atoms with Crippen LogP contribution in [0.3, 0.4) is 0 Å². The second-order valence-electron chi connectivity index (χ2n) is 11.7. The highest BCUT2D eigenvalue weighted by Crippen LogP contribution is 2.40. The standard InChI is InChI=1S/C44H31N5S/c1-3-15-30(16-4-2)41-47-42(31-19-9-6-10-20-31)49-44(48-41)35-24-14-23-34(28-35)43-45-38(40-39(46-43)36-25-11-12-26-37(36)50-40)33-22-13-21-32(27-33)29-17-7-5-8-18-29/h3-28H,1H2,2H3/b16-4-,30-15+. The van der Waals surface area contributed by atoms with Crippen molar-refractivity contribution in [1.29, 1.82) is 0 Å². The molecule has 3 heterocycles. The first-order valence-electron chi connectivity index (χ1n) is 16.4. The molecular formula is C44H31N5S. The summed E-state index contributed by atoms with van der Waals surface area (Å²) in [5, 5.41) is 1.12. The van der Waals surface area contributed by atoms with Crippen LogP contribution < -0.4 is 0 Å². The van der Waals surface area contributed by atoms with Crippen LogP contribution in [-0.2, 0) is 0 Å². The van der Waals surface area contributed by atoms with Crippen LogP contribution in [0.2, 0.25) is 0 Å². The molecule has 0 bridgehead atoms. The molecule has 8 rings (SSSR count). The number of rotatable bonds is 8. The van der Waals surface area contributed by atoms with Gasteiger partial charge in [0.2, 0.25) is 0 Å². The average Bonchev–Trinajstić information content (AvgIpc) is 3.57. The first-order valence-corrected chi connectivity index (χ1v) is 17.2. The van der Waals surface area contributed by atoms with Crippen LogP contribution in [-0.4, -0.2) is 24.9 Å². The average molecular weight is 662 g/mol. The highest BCUT2D eigenvalue weighted by molar-refractivity contribution is 7.26. The third-order valence-corrected chi connectivity index (χ3v) is 9.58. The molecule has 5 aromatic carbocycles. The van der Waals surface area contributed by atoms with Crippen molar-refractivity contribution >= 4 is 37.2 Å². The quantitative estimate of drug-likeness (QED) is 0.152. The van der Waals surface area contributed by atoms with E-state index in [4.69, 9.17) is 24.9 Å². The van der Waals surface area contributed by atoms with Crippen LogP contribution in [0.1, 0.15) is 12.7 Å². The predicted molar refractivity (Wildman–Crippen MR) is 208 cm³/mol. The molecule has 50 heavy (non-hydrogen) atoms. The summed E-state index contributed by atoms with van der Waals surface area (Å²) in [6.07, 6.45) is 7.61. The van der Waals surface area contributed by atoms with Crippen molar-refractivity contribution in [2.24, 2.45) is 0 Å². The molecule has 6 heteroatoms. The van der Waals surface area contributed by atoms with E-state index in [1.165, 1.54) is 4.70 Å². The zero-order valence-electron chi connectivity index (χ0n) is 27.4. The van der Waals surface area contributed by atoms with E-state index in [2.05, 4.69) is 85.4 Å². The summed E-state index contributed by atoms with van der Waals surface area (Å²) >= 11 is 1.73. The summed E-state index contributed by atoms with van der Waals surface area (Å²) in [5.74, 6) is 2.37. The first-order chi connectivity index (χ1) is 24.7. The monoisotopic (exact) mass is 661 g/mol. The number of thiophene rings is 1. The Labute approximate surface area is 294 Å². The molecule has 0 unspecified atom stereocenters. The largest absolute Gasteiger partial charge is 0.226 e. The second-order valence-corrected chi connectivity index (χ2v) is 12.8. The Morgan fingerprint density at radius 2 is 1.14 bits per heavy atom. The lowest BCUT2D eigenvalue weighted by Crippen LogP contribution is -2.02. The summed E-state index contributed by atoms with van der Waals surface area (Å²) < 4.78 is 2.25. The summed E-state index contributed by atoms with van der Waals surface area (Å²) in [6, 6.07) is 45.6. The SMILES string of the molecule is C=C/C=C(\C=C/C)c1nc(-c2ccccc2)nc(-c2cccc(-c3nc(-c4cccc(-c5ccccc5)c4)c4sc5ccccc5c4n3)c2)n1. The van der Waals surface area contributed by atoms with Crippen molar-refractivity contribution in [3.05, 3.63) is 170 Å². The number of fused-ring (bicyclic) bond motifs is 3. The van der Waals surface area contributed by atoms with Crippen LogP contribution in [0, 0.1) is 0 Å². The summed E-state index contributed by atoms with van der Waals surface area (Å²) in [5.41, 5.74) is 8.68. The zero-order valence-corrected chi connectivity index (χ0v) is 28.2. The Balaban J connectivity index is 1.31. The summed E-state index contributed by atoms with van der Waals surface area (Å²) in [7, 11) is 0. The van der Waals surface area contributed by atoms with E-state index in [0.29, 0.717) is 23.3 Å². The minimum atomic E-state index is 0.563. The van der Waals surface area contributed by atoms with Gasteiger partial charge in [-0.3, -0.25) is 0 Å². The molecule has 0 radical (unpaired) electrons. The van der Waals surface area contributed by atoms with Gasteiger partial charge in [-0.15, -0.1) is 11.3 Å². The maximum absolute atomic E-state index is 5.28. The molecule has 0 atom stereocenters. The predicted octanol–water partition coefficient (Wildman–Crippen LogP) is 11.5. The minimum absolute atomic E-state index is 0.563. The molecule has 0 aliphatic rings. The van der Waals surface area contributed by atoms with Gasteiger partial charge >= 0.3 is 0 Å². The van der Waals surface area contributed by atoms with Crippen molar-refractivity contribution in [1.82, 2.24) is 24.9 Å². The van der Waals surface area contributed by atoms with Gasteiger partial charge < -0.3 is 0 Å². The number of allylic oxidation sites excluding steroid dienone is 5. The van der Waals surface area contributed by atoms with Crippen LogP contribution in [0.4, 0.5) is 0 Å². The van der Waals surface area contributed by atoms with Crippen LogP contribution >= 0.6 is 11.3 Å². The van der Waals surface area contributed by atoms with Gasteiger partial charge in [-0.2, -0.15) is 0 Å². The summed E-state index contributed by atoms with van der Waals surface area (Å²) in [4.78, 5) is 25.3. The highest BCUT2D eigenvalue weighted by Gasteiger charge is 2.18. The van der Waals surface area contributed by atoms with Crippen molar-refractivity contribution in [3.8, 4) is 56.5 Å². The van der Waals surface area contributed by atoms with Gasteiger partial charge in [0.1, 0.15) is 0 Å². The van der Waals surface area contributed by atoms with Crippen LogP contribution in [0.25, 0.3) is 82.4 Å². The number of aromatic nitrogens is 5. The molecule has 0 aliphatic heterocycles. The molecule has 0 aliphatic carbocycles. The third-order valence-electron chi connectivity index (χ3n) is 8.41. The van der Waals surface area contributed by atoms with Gasteiger partial charge in [0.05, 0.1) is 15.9 Å². The molecule has 0 N–H and O–H groups in total. The smallest absolute Gasteiger partial charge is 0.164 e. The van der Waals surface area contributed by atoms with Gasteiger partial charge in [-0.05, 0) is 36.2 Å². The fourth-order valence-corrected chi connectivity index (χ4v) is 7.20. The van der Waals surface area contributed by atoms with Crippen molar-refractivity contribution in [3.63, 3.8) is 0 Å². The second kappa shape index (κ2) is 13.6. The van der Waals surface area contributed by atoms with Crippen molar-refractivity contribution < 1.29 is 0 Å². The molecule has 8 aromatic rings. The van der Waals surface area contributed by atoms with Crippen LogP contribution in [0.5, 0.6) is 0 Å². The molecule has 5 nitrogen and oxygen atoms in total. The fourth-order valence-electron chi connectivity index (χ4n) is 6.05. The number of hydrogen-bond donors (Lipinski definition) is 0. The molecule has 0 amide bonds. The molecule has 0 spiro atoms. The molecule has 0 saturated heterocycles. The van der Waals surface area contributed by atoms with E-state index >= 15 is 0 Å². The number of benzene rings is 5. The van der Waals surface area contributed by atoms with Crippen molar-refractivity contribution in [2.45, 2.75) is 6.92 Å². The highest BCUT2D eigenvalue weighted by atomic mass is 32.1. The normalized spacial score (nSPS) is 11.8. The molecule has 0 saturated carbocycles. The zero-order chi connectivity index (χ0) is 33.9. The lowest BCUT2D eigenvalue weighted by atomic mass is 10.0. The van der Waals surface area contributed by atoms with Crippen LogP contribution in [0.15, 0.2) is 164 Å². The Morgan fingerprint density at radius 3 is 1.86 bits per heavy atom. The maximum atomic E-state index is 5.28. The van der Waals surface area contributed by atoms with Gasteiger partial charge in [0.25, 0.3) is 0 Å². The molecular weight excluding hydrogens is 631 g/mol. The molecule has 0 fully saturated rings. The molecule has 3 aromatic heterocycles. The van der Waals surface area contributed by atoms with Crippen molar-refractivity contribution in [2.75, 3.05) is 0 Å². The Kier molecular flexibility index (Phi) is 8.43. The van der Waals surface area contributed by atoms with E-state index in [1.54, 1.807) is 17.4 Å². The number of hydrogen-bond acceptors (Lipinski definition) is 6.